The third-order valence-electron chi connectivity index (χ3n) is 4.16. The molecule has 1 fully saturated rings. The van der Waals surface area contributed by atoms with Gasteiger partial charge in [-0.25, -0.2) is 0 Å². The van der Waals surface area contributed by atoms with E-state index in [1.807, 2.05) is 19.1 Å². The van der Waals surface area contributed by atoms with E-state index in [2.05, 4.69) is 20.5 Å². The van der Waals surface area contributed by atoms with Crippen LogP contribution in [0.15, 0.2) is 18.2 Å². The normalized spacial score (nSPS) is 16.4. The second-order valence-corrected chi connectivity index (χ2v) is 5.95. The number of benzene rings is 1. The van der Waals surface area contributed by atoms with Gasteiger partial charge in [0.15, 0.2) is 4.77 Å². The highest BCUT2D eigenvalue weighted by Gasteiger charge is 2.12. The molecule has 1 aliphatic heterocycles. The molecule has 1 aromatic carbocycles. The van der Waals surface area contributed by atoms with Crippen LogP contribution in [-0.4, -0.2) is 40.7 Å². The first kappa shape index (κ1) is 14.6. The van der Waals surface area contributed by atoms with Gasteiger partial charge in [-0.2, -0.15) is 0 Å². The predicted molar refractivity (Wildman–Crippen MR) is 88.6 cm³/mol. The molecule has 1 N–H and O–H groups in total. The second kappa shape index (κ2) is 6.62. The number of aromatic nitrogens is 2. The fraction of sp³-hybridized carbons (Fsp3) is 0.562. The Balaban J connectivity index is 1.82. The van der Waals surface area contributed by atoms with Crippen molar-refractivity contribution in [1.29, 1.82) is 0 Å². The smallest absolute Gasteiger partial charge is 0.178 e. The standard InChI is InChI=1S/C16H23N3OS/c1-2-20-14-8-6-7-13-15(14)17-16(21)19(13)12-11-18-9-4-3-5-10-18/h6-8H,2-5,9-12H2,1H3,(H,17,21). The van der Waals surface area contributed by atoms with E-state index >= 15 is 0 Å². The van der Waals surface area contributed by atoms with Crippen LogP contribution in [0.4, 0.5) is 0 Å². The van der Waals surface area contributed by atoms with Crippen LogP contribution >= 0.6 is 12.2 Å². The number of nitrogens with one attached hydrogen (secondary N) is 1. The summed E-state index contributed by atoms with van der Waals surface area (Å²) in [5, 5.41) is 0. The molecule has 0 atom stereocenters. The van der Waals surface area contributed by atoms with Crippen molar-refractivity contribution in [3.8, 4) is 5.75 Å². The van der Waals surface area contributed by atoms with Gasteiger partial charge in [-0.3, -0.25) is 0 Å². The van der Waals surface area contributed by atoms with Crippen LogP contribution in [0.3, 0.4) is 0 Å². The Kier molecular flexibility index (Phi) is 4.60. The van der Waals surface area contributed by atoms with Crippen LogP contribution < -0.4 is 4.74 Å². The number of aromatic amines is 1. The minimum absolute atomic E-state index is 0.665. The van der Waals surface area contributed by atoms with Gasteiger partial charge in [0.2, 0.25) is 0 Å². The number of rotatable bonds is 5. The Morgan fingerprint density at radius 2 is 2.00 bits per heavy atom. The van der Waals surface area contributed by atoms with Gasteiger partial charge in [0.05, 0.1) is 12.1 Å². The van der Waals surface area contributed by atoms with Crippen LogP contribution in [0.1, 0.15) is 26.2 Å². The highest BCUT2D eigenvalue weighted by Crippen LogP contribution is 2.25. The molecule has 0 amide bonds. The zero-order valence-electron chi connectivity index (χ0n) is 12.6. The lowest BCUT2D eigenvalue weighted by Crippen LogP contribution is -2.32. The summed E-state index contributed by atoms with van der Waals surface area (Å²) in [5.41, 5.74) is 2.16. The van der Waals surface area contributed by atoms with Crippen molar-refractivity contribution in [2.24, 2.45) is 0 Å². The van der Waals surface area contributed by atoms with E-state index in [0.29, 0.717) is 6.61 Å². The second-order valence-electron chi connectivity index (χ2n) is 5.57. The molecular weight excluding hydrogens is 282 g/mol. The maximum Gasteiger partial charge on any atom is 0.178 e. The highest BCUT2D eigenvalue weighted by molar-refractivity contribution is 7.71. The summed E-state index contributed by atoms with van der Waals surface area (Å²) in [6.45, 7) is 7.12. The summed E-state index contributed by atoms with van der Waals surface area (Å²) in [6, 6.07) is 6.14. The van der Waals surface area contributed by atoms with Gasteiger partial charge in [-0.15, -0.1) is 0 Å². The number of fused-ring (bicyclic) bond motifs is 1. The first-order valence-electron chi connectivity index (χ1n) is 7.86. The zero-order chi connectivity index (χ0) is 14.7. The van der Waals surface area contributed by atoms with Crippen molar-refractivity contribution >= 4 is 23.3 Å². The number of likely N-dealkylation sites (tertiary alicyclic amines) is 1. The molecule has 4 nitrogen and oxygen atoms in total. The number of nitrogens with zero attached hydrogens (tertiary/aromatic N) is 2. The maximum atomic E-state index is 5.68. The van der Waals surface area contributed by atoms with E-state index in [4.69, 9.17) is 17.0 Å². The first-order valence-corrected chi connectivity index (χ1v) is 8.27. The number of ether oxygens (including phenoxy) is 1. The van der Waals surface area contributed by atoms with E-state index in [-0.39, 0.29) is 0 Å². The Morgan fingerprint density at radius 1 is 1.19 bits per heavy atom. The van der Waals surface area contributed by atoms with Crippen molar-refractivity contribution in [1.82, 2.24) is 14.5 Å². The van der Waals surface area contributed by atoms with Crippen LogP contribution in [0.25, 0.3) is 11.0 Å². The summed E-state index contributed by atoms with van der Waals surface area (Å²) in [4.78, 5) is 5.84. The lowest BCUT2D eigenvalue weighted by molar-refractivity contribution is 0.221. The average molecular weight is 305 g/mol. The number of H-pyrrole nitrogens is 1. The molecule has 21 heavy (non-hydrogen) atoms. The van der Waals surface area contributed by atoms with Crippen molar-refractivity contribution in [2.45, 2.75) is 32.7 Å². The summed E-state index contributed by atoms with van der Waals surface area (Å²) in [5.74, 6) is 0.887. The van der Waals surface area contributed by atoms with E-state index < -0.39 is 0 Å². The average Bonchev–Trinajstić information content (AvgIpc) is 2.83. The summed E-state index contributed by atoms with van der Waals surface area (Å²) < 4.78 is 8.66. The minimum atomic E-state index is 0.665. The van der Waals surface area contributed by atoms with Crippen LogP contribution in [-0.2, 0) is 6.54 Å². The summed E-state index contributed by atoms with van der Waals surface area (Å²) in [7, 11) is 0. The molecule has 2 heterocycles. The minimum Gasteiger partial charge on any atom is -0.492 e. The predicted octanol–water partition coefficient (Wildman–Crippen LogP) is 3.58. The molecule has 1 saturated heterocycles. The zero-order valence-corrected chi connectivity index (χ0v) is 13.4. The molecule has 1 aliphatic rings. The molecule has 0 unspecified atom stereocenters. The van der Waals surface area contributed by atoms with Crippen LogP contribution in [0.5, 0.6) is 5.75 Å². The van der Waals surface area contributed by atoms with E-state index in [0.717, 1.165) is 34.6 Å². The molecule has 5 heteroatoms. The van der Waals surface area contributed by atoms with E-state index in [9.17, 15) is 0 Å². The fourth-order valence-corrected chi connectivity index (χ4v) is 3.37. The Bertz CT molecular complexity index is 655. The van der Waals surface area contributed by atoms with Gasteiger partial charge in [-0.05, 0) is 57.2 Å². The maximum absolute atomic E-state index is 5.68. The SMILES string of the molecule is CCOc1cccc2c1[nH]c(=S)n2CCN1CCCCC1. The molecule has 0 spiro atoms. The summed E-state index contributed by atoms with van der Waals surface area (Å²) in [6.07, 6.45) is 4.03. The van der Waals surface area contributed by atoms with Crippen LogP contribution in [0, 0.1) is 4.77 Å². The van der Waals surface area contributed by atoms with Crippen molar-refractivity contribution in [3.05, 3.63) is 23.0 Å². The van der Waals surface area contributed by atoms with E-state index in [1.165, 1.54) is 32.4 Å². The molecule has 114 valence electrons. The lowest BCUT2D eigenvalue weighted by atomic mass is 10.1. The third-order valence-corrected chi connectivity index (χ3v) is 4.48. The van der Waals surface area contributed by atoms with Gasteiger partial charge < -0.3 is 19.2 Å². The van der Waals surface area contributed by atoms with Crippen molar-refractivity contribution in [2.75, 3.05) is 26.2 Å². The Labute approximate surface area is 130 Å². The molecule has 0 saturated carbocycles. The molecule has 3 rings (SSSR count). The Morgan fingerprint density at radius 3 is 2.76 bits per heavy atom. The lowest BCUT2D eigenvalue weighted by Gasteiger charge is -2.26. The van der Waals surface area contributed by atoms with Gasteiger partial charge in [0, 0.05) is 13.1 Å². The number of hydrogen-bond acceptors (Lipinski definition) is 3. The first-order chi connectivity index (χ1) is 10.3. The molecular formula is C16H23N3OS. The van der Waals surface area contributed by atoms with Gasteiger partial charge in [0.25, 0.3) is 0 Å². The molecule has 0 radical (unpaired) electrons. The topological polar surface area (TPSA) is 33.2 Å². The summed E-state index contributed by atoms with van der Waals surface area (Å²) >= 11 is 5.50. The number of hydrogen-bond donors (Lipinski definition) is 1. The fourth-order valence-electron chi connectivity index (χ4n) is 3.08. The number of para-hydroxylation sites is 1. The molecule has 1 aromatic heterocycles. The highest BCUT2D eigenvalue weighted by atomic mass is 32.1. The quantitative estimate of drug-likeness (QED) is 0.857. The van der Waals surface area contributed by atoms with Crippen molar-refractivity contribution < 1.29 is 4.74 Å². The van der Waals surface area contributed by atoms with Gasteiger partial charge >= 0.3 is 0 Å². The van der Waals surface area contributed by atoms with Crippen LogP contribution in [0.2, 0.25) is 0 Å². The van der Waals surface area contributed by atoms with Gasteiger partial charge in [-0.1, -0.05) is 12.5 Å². The molecule has 0 bridgehead atoms. The molecule has 2 aromatic rings. The number of piperidine rings is 1. The Hall–Kier alpha value is -1.33. The monoisotopic (exact) mass is 305 g/mol. The molecule has 0 aliphatic carbocycles. The largest absolute Gasteiger partial charge is 0.492 e. The van der Waals surface area contributed by atoms with Gasteiger partial charge in [0.1, 0.15) is 11.3 Å². The number of imidazole rings is 1. The van der Waals surface area contributed by atoms with Crippen molar-refractivity contribution in [3.63, 3.8) is 0 Å². The van der Waals surface area contributed by atoms with E-state index in [1.54, 1.807) is 0 Å². The third kappa shape index (κ3) is 3.14.